The molecule has 0 aliphatic heterocycles. The van der Waals surface area contributed by atoms with Gasteiger partial charge in [0.2, 0.25) is 0 Å². The zero-order chi connectivity index (χ0) is 10.3. The number of aromatic amines is 1. The van der Waals surface area contributed by atoms with Crippen LogP contribution in [0.5, 0.6) is 0 Å². The fraction of sp³-hybridized carbons (Fsp3) is 0. The second-order valence-electron chi connectivity index (χ2n) is 3.20. The maximum absolute atomic E-state index is 5.57. The second kappa shape index (κ2) is 2.84. The van der Waals surface area contributed by atoms with Crippen molar-refractivity contribution >= 4 is 17.0 Å². The summed E-state index contributed by atoms with van der Waals surface area (Å²) < 4.78 is 4.98. The van der Waals surface area contributed by atoms with Gasteiger partial charge in [-0.25, -0.2) is 9.97 Å². The van der Waals surface area contributed by atoms with Gasteiger partial charge in [0, 0.05) is 0 Å². The van der Waals surface area contributed by atoms with Crippen molar-refractivity contribution in [1.82, 2.24) is 15.0 Å². The number of nitrogens with two attached hydrogens (primary N) is 1. The lowest BCUT2D eigenvalue weighted by Crippen LogP contribution is -1.88. The lowest BCUT2D eigenvalue weighted by molar-refractivity contribution is 0.568. The van der Waals surface area contributed by atoms with Crippen LogP contribution in [0, 0.1) is 0 Å². The van der Waals surface area contributed by atoms with E-state index in [4.69, 9.17) is 10.2 Å². The van der Waals surface area contributed by atoms with Gasteiger partial charge in [0.1, 0.15) is 17.9 Å². The molecule has 3 aromatic rings. The van der Waals surface area contributed by atoms with E-state index < -0.39 is 0 Å². The molecule has 3 N–H and O–H groups in total. The van der Waals surface area contributed by atoms with Crippen molar-refractivity contribution in [3.63, 3.8) is 0 Å². The molecule has 15 heavy (non-hydrogen) atoms. The largest absolute Gasteiger partial charge is 0.472 e. The summed E-state index contributed by atoms with van der Waals surface area (Å²) in [5.41, 5.74) is 7.94. The molecular formula is C10H8N4O. The number of pyridine rings is 1. The molecule has 0 aliphatic carbocycles. The number of rotatable bonds is 1. The van der Waals surface area contributed by atoms with Crippen LogP contribution in [0.4, 0.5) is 5.82 Å². The van der Waals surface area contributed by atoms with Gasteiger partial charge in [-0.15, -0.1) is 0 Å². The first kappa shape index (κ1) is 8.05. The van der Waals surface area contributed by atoms with Gasteiger partial charge < -0.3 is 15.1 Å². The van der Waals surface area contributed by atoms with Crippen molar-refractivity contribution in [2.75, 3.05) is 5.73 Å². The molecule has 0 aromatic carbocycles. The monoisotopic (exact) mass is 200 g/mol. The third-order valence-electron chi connectivity index (χ3n) is 2.16. The Balaban J connectivity index is 2.22. The zero-order valence-electron chi connectivity index (χ0n) is 7.77. The van der Waals surface area contributed by atoms with Crippen LogP contribution < -0.4 is 5.73 Å². The summed E-state index contributed by atoms with van der Waals surface area (Å²) in [6.45, 7) is 0. The Labute approximate surface area is 85.0 Å². The summed E-state index contributed by atoms with van der Waals surface area (Å²) in [5.74, 6) is 1.20. The van der Waals surface area contributed by atoms with E-state index in [0.717, 1.165) is 16.9 Å². The van der Waals surface area contributed by atoms with Crippen LogP contribution in [0.2, 0.25) is 0 Å². The maximum Gasteiger partial charge on any atom is 0.180 e. The van der Waals surface area contributed by atoms with E-state index >= 15 is 0 Å². The number of nitrogens with one attached hydrogen (secondary N) is 1. The second-order valence-corrected chi connectivity index (χ2v) is 3.20. The fourth-order valence-electron chi connectivity index (χ4n) is 1.44. The van der Waals surface area contributed by atoms with Crippen molar-refractivity contribution in [3.8, 4) is 11.4 Å². The van der Waals surface area contributed by atoms with E-state index in [1.165, 1.54) is 0 Å². The van der Waals surface area contributed by atoms with Crippen LogP contribution in [0.1, 0.15) is 0 Å². The van der Waals surface area contributed by atoms with Gasteiger partial charge >= 0.3 is 0 Å². The highest BCUT2D eigenvalue weighted by Crippen LogP contribution is 2.19. The molecule has 0 spiro atoms. The van der Waals surface area contributed by atoms with Crippen LogP contribution in [-0.4, -0.2) is 15.0 Å². The number of H-pyrrole nitrogens is 1. The molecule has 0 radical (unpaired) electrons. The molecule has 3 rings (SSSR count). The summed E-state index contributed by atoms with van der Waals surface area (Å²) in [6, 6.07) is 5.43. The molecule has 0 bridgehead atoms. The smallest absolute Gasteiger partial charge is 0.180 e. The lowest BCUT2D eigenvalue weighted by Gasteiger charge is -1.88. The van der Waals surface area contributed by atoms with Gasteiger partial charge in [0.05, 0.1) is 17.3 Å². The number of nitrogens with zero attached hydrogens (tertiary/aromatic N) is 2. The predicted molar refractivity (Wildman–Crippen MR) is 56.0 cm³/mol. The quantitative estimate of drug-likeness (QED) is 0.627. The third-order valence-corrected chi connectivity index (χ3v) is 2.16. The highest BCUT2D eigenvalue weighted by Gasteiger charge is 2.06. The Bertz CT molecular complexity index is 597. The number of hydrogen-bond donors (Lipinski definition) is 2. The van der Waals surface area contributed by atoms with Gasteiger partial charge in [-0.3, -0.25) is 0 Å². The van der Waals surface area contributed by atoms with Crippen molar-refractivity contribution in [2.24, 2.45) is 0 Å². The standard InChI is InChI=1S/C10H8N4O/c11-8-2-1-7-10(13-8)14-9(12-7)6-3-4-15-5-6/h1-5H,(H3,11,12,13,14). The Hall–Kier alpha value is -2.30. The van der Waals surface area contributed by atoms with Gasteiger partial charge in [-0.1, -0.05) is 0 Å². The molecule has 0 saturated heterocycles. The molecule has 0 amide bonds. The number of aromatic nitrogens is 3. The number of fused-ring (bicyclic) bond motifs is 1. The first-order valence-electron chi connectivity index (χ1n) is 4.48. The van der Waals surface area contributed by atoms with Crippen molar-refractivity contribution in [1.29, 1.82) is 0 Å². The van der Waals surface area contributed by atoms with Crippen LogP contribution in [0.15, 0.2) is 35.1 Å². The topological polar surface area (TPSA) is 80.7 Å². The summed E-state index contributed by atoms with van der Waals surface area (Å²) >= 11 is 0. The van der Waals surface area contributed by atoms with Gasteiger partial charge in [-0.2, -0.15) is 0 Å². The molecule has 0 aliphatic rings. The minimum atomic E-state index is 0.466. The molecule has 0 atom stereocenters. The molecule has 5 heteroatoms. The number of furan rings is 1. The minimum Gasteiger partial charge on any atom is -0.472 e. The summed E-state index contributed by atoms with van der Waals surface area (Å²) in [4.78, 5) is 11.6. The minimum absolute atomic E-state index is 0.466. The van der Waals surface area contributed by atoms with Crippen molar-refractivity contribution in [3.05, 3.63) is 30.7 Å². The highest BCUT2D eigenvalue weighted by atomic mass is 16.3. The van der Waals surface area contributed by atoms with Crippen LogP contribution in [0.3, 0.4) is 0 Å². The van der Waals surface area contributed by atoms with Gasteiger partial charge in [0.25, 0.3) is 0 Å². The lowest BCUT2D eigenvalue weighted by atomic mass is 10.3. The molecule has 3 heterocycles. The summed E-state index contributed by atoms with van der Waals surface area (Å²) in [7, 11) is 0. The summed E-state index contributed by atoms with van der Waals surface area (Å²) in [6.07, 6.45) is 3.23. The normalized spacial score (nSPS) is 10.9. The molecule has 0 unspecified atom stereocenters. The molecule has 0 saturated carbocycles. The van der Waals surface area contributed by atoms with E-state index in [0.29, 0.717) is 11.5 Å². The molecule has 3 aromatic heterocycles. The fourth-order valence-corrected chi connectivity index (χ4v) is 1.44. The number of hydrogen-bond acceptors (Lipinski definition) is 4. The van der Waals surface area contributed by atoms with E-state index in [1.807, 2.05) is 12.1 Å². The van der Waals surface area contributed by atoms with Crippen molar-refractivity contribution in [2.45, 2.75) is 0 Å². The Morgan fingerprint density at radius 2 is 2.13 bits per heavy atom. The average Bonchev–Trinajstić information content (AvgIpc) is 2.84. The first-order chi connectivity index (χ1) is 7.33. The molecule has 74 valence electrons. The third kappa shape index (κ3) is 1.25. The molecule has 5 nitrogen and oxygen atoms in total. The highest BCUT2D eigenvalue weighted by molar-refractivity contribution is 5.76. The van der Waals surface area contributed by atoms with E-state index in [2.05, 4.69) is 15.0 Å². The van der Waals surface area contributed by atoms with E-state index in [1.54, 1.807) is 18.6 Å². The maximum atomic E-state index is 5.57. The Kier molecular flexibility index (Phi) is 1.53. The van der Waals surface area contributed by atoms with Crippen LogP contribution in [-0.2, 0) is 0 Å². The predicted octanol–water partition coefficient (Wildman–Crippen LogP) is 1.80. The number of anilines is 1. The number of imidazole rings is 1. The van der Waals surface area contributed by atoms with E-state index in [-0.39, 0.29) is 0 Å². The summed E-state index contributed by atoms with van der Waals surface area (Å²) in [5, 5.41) is 0. The van der Waals surface area contributed by atoms with Gasteiger partial charge in [0.15, 0.2) is 5.65 Å². The van der Waals surface area contributed by atoms with Crippen LogP contribution in [0.25, 0.3) is 22.6 Å². The SMILES string of the molecule is Nc1ccc2[nH]c(-c3ccoc3)nc2n1. The molecular weight excluding hydrogens is 192 g/mol. The van der Waals surface area contributed by atoms with Crippen LogP contribution >= 0.6 is 0 Å². The Morgan fingerprint density at radius 3 is 2.93 bits per heavy atom. The zero-order valence-corrected chi connectivity index (χ0v) is 7.77. The average molecular weight is 200 g/mol. The molecule has 0 fully saturated rings. The first-order valence-corrected chi connectivity index (χ1v) is 4.48. The Morgan fingerprint density at radius 1 is 1.20 bits per heavy atom. The van der Waals surface area contributed by atoms with E-state index in [9.17, 15) is 0 Å². The van der Waals surface area contributed by atoms with Gasteiger partial charge in [-0.05, 0) is 18.2 Å². The number of nitrogen functional groups attached to an aromatic ring is 1. The van der Waals surface area contributed by atoms with Crippen molar-refractivity contribution < 1.29 is 4.42 Å².